The van der Waals surface area contributed by atoms with Crippen molar-refractivity contribution < 1.29 is 14.3 Å². The van der Waals surface area contributed by atoms with Gasteiger partial charge in [-0.15, -0.1) is 0 Å². The van der Waals surface area contributed by atoms with Crippen LogP contribution in [0.2, 0.25) is 0 Å². The molecule has 0 spiro atoms. The SMILES string of the molecule is O=C(NN=Cc1ccc(OCc2ccccc2)cc1)NN=Cc1ccc(OCc2ccccc2)cc1. The van der Waals surface area contributed by atoms with Crippen LogP contribution in [0.1, 0.15) is 22.3 Å². The van der Waals surface area contributed by atoms with E-state index in [0.717, 1.165) is 33.8 Å². The van der Waals surface area contributed by atoms with E-state index in [2.05, 4.69) is 21.1 Å². The van der Waals surface area contributed by atoms with E-state index in [1.165, 1.54) is 0 Å². The topological polar surface area (TPSA) is 84.3 Å². The van der Waals surface area contributed by atoms with E-state index in [-0.39, 0.29) is 0 Å². The zero-order chi connectivity index (χ0) is 24.8. The van der Waals surface area contributed by atoms with Crippen LogP contribution in [-0.4, -0.2) is 18.5 Å². The standard InChI is InChI=1S/C29H26N4O3/c34-29(32-30-19-23-11-15-27(16-12-23)35-21-25-7-3-1-4-8-25)33-31-20-24-13-17-28(18-14-24)36-22-26-9-5-2-6-10-26/h1-20H,21-22H2,(H2,32,33,34). The number of hydrogen-bond donors (Lipinski definition) is 2. The first kappa shape index (κ1) is 24.2. The van der Waals surface area contributed by atoms with Crippen molar-refractivity contribution in [3.63, 3.8) is 0 Å². The van der Waals surface area contributed by atoms with Gasteiger partial charge < -0.3 is 9.47 Å². The van der Waals surface area contributed by atoms with Crippen LogP contribution < -0.4 is 20.3 Å². The lowest BCUT2D eigenvalue weighted by molar-refractivity contribution is 0.242. The molecule has 0 saturated heterocycles. The van der Waals surface area contributed by atoms with Gasteiger partial charge in [0.2, 0.25) is 0 Å². The fraction of sp³-hybridized carbons (Fsp3) is 0.0690. The second-order valence-electron chi connectivity index (χ2n) is 7.76. The van der Waals surface area contributed by atoms with Crippen LogP contribution >= 0.6 is 0 Å². The number of ether oxygens (including phenoxy) is 2. The van der Waals surface area contributed by atoms with Gasteiger partial charge in [-0.1, -0.05) is 60.7 Å². The molecule has 0 aliphatic rings. The van der Waals surface area contributed by atoms with Gasteiger partial charge in [-0.2, -0.15) is 10.2 Å². The highest BCUT2D eigenvalue weighted by Gasteiger charge is 1.99. The molecule has 0 aromatic heterocycles. The number of benzene rings is 4. The van der Waals surface area contributed by atoms with Crippen LogP contribution in [0, 0.1) is 0 Å². The van der Waals surface area contributed by atoms with Crippen LogP contribution in [0.15, 0.2) is 119 Å². The Balaban J connectivity index is 1.16. The van der Waals surface area contributed by atoms with Gasteiger partial charge >= 0.3 is 6.03 Å². The summed E-state index contributed by atoms with van der Waals surface area (Å²) in [4.78, 5) is 11.9. The highest BCUT2D eigenvalue weighted by Crippen LogP contribution is 2.14. The summed E-state index contributed by atoms with van der Waals surface area (Å²) in [5.74, 6) is 1.51. The molecule has 0 radical (unpaired) electrons. The van der Waals surface area contributed by atoms with Crippen molar-refractivity contribution in [2.45, 2.75) is 13.2 Å². The lowest BCUT2D eigenvalue weighted by Crippen LogP contribution is -2.28. The Labute approximate surface area is 210 Å². The van der Waals surface area contributed by atoms with E-state index in [0.29, 0.717) is 13.2 Å². The number of hydrogen-bond acceptors (Lipinski definition) is 5. The Morgan fingerprint density at radius 3 is 1.36 bits per heavy atom. The molecule has 2 N–H and O–H groups in total. The van der Waals surface area contributed by atoms with Gasteiger partial charge in [-0.3, -0.25) is 0 Å². The summed E-state index contributed by atoms with van der Waals surface area (Å²) in [6.07, 6.45) is 3.08. The van der Waals surface area contributed by atoms with Crippen molar-refractivity contribution >= 4 is 18.5 Å². The first-order chi connectivity index (χ1) is 17.7. The molecular formula is C29H26N4O3. The van der Waals surface area contributed by atoms with E-state index in [4.69, 9.17) is 9.47 Å². The van der Waals surface area contributed by atoms with E-state index in [9.17, 15) is 4.79 Å². The van der Waals surface area contributed by atoms with Crippen LogP contribution in [-0.2, 0) is 13.2 Å². The first-order valence-corrected chi connectivity index (χ1v) is 11.4. The second-order valence-corrected chi connectivity index (χ2v) is 7.76. The molecule has 0 fully saturated rings. The number of urea groups is 1. The quantitative estimate of drug-likeness (QED) is 0.233. The first-order valence-electron chi connectivity index (χ1n) is 11.4. The minimum Gasteiger partial charge on any atom is -0.489 e. The number of nitrogens with zero attached hydrogens (tertiary/aromatic N) is 2. The highest BCUT2D eigenvalue weighted by atomic mass is 16.5. The fourth-order valence-electron chi connectivity index (χ4n) is 3.14. The summed E-state index contributed by atoms with van der Waals surface area (Å²) in [5, 5.41) is 7.86. The molecule has 0 aliphatic heterocycles. The van der Waals surface area contributed by atoms with Gasteiger partial charge in [0.1, 0.15) is 24.7 Å². The van der Waals surface area contributed by atoms with Gasteiger partial charge in [-0.25, -0.2) is 15.6 Å². The summed E-state index contributed by atoms with van der Waals surface area (Å²) >= 11 is 0. The van der Waals surface area contributed by atoms with Gasteiger partial charge in [0, 0.05) is 0 Å². The molecular weight excluding hydrogens is 452 g/mol. The number of carbonyl (C=O) groups excluding carboxylic acids is 1. The van der Waals surface area contributed by atoms with Crippen molar-refractivity contribution in [2.75, 3.05) is 0 Å². The smallest absolute Gasteiger partial charge is 0.355 e. The highest BCUT2D eigenvalue weighted by molar-refractivity contribution is 5.83. The summed E-state index contributed by atoms with van der Waals surface area (Å²) in [6, 6.07) is 34.2. The monoisotopic (exact) mass is 478 g/mol. The average molecular weight is 479 g/mol. The van der Waals surface area contributed by atoms with E-state index in [1.807, 2.05) is 109 Å². The largest absolute Gasteiger partial charge is 0.489 e. The maximum absolute atomic E-state index is 11.9. The number of amides is 2. The van der Waals surface area contributed by atoms with Crippen molar-refractivity contribution in [3.8, 4) is 11.5 Å². The van der Waals surface area contributed by atoms with Gasteiger partial charge in [0.25, 0.3) is 0 Å². The zero-order valence-corrected chi connectivity index (χ0v) is 19.6. The molecule has 0 bridgehead atoms. The number of hydrazone groups is 2. The predicted octanol–water partition coefficient (Wildman–Crippen LogP) is 5.51. The minimum atomic E-state index is -0.548. The summed E-state index contributed by atoms with van der Waals surface area (Å²) in [7, 11) is 0. The predicted molar refractivity (Wildman–Crippen MR) is 141 cm³/mol. The number of carbonyl (C=O) groups is 1. The lowest BCUT2D eigenvalue weighted by Gasteiger charge is -2.06. The molecule has 7 nitrogen and oxygen atoms in total. The van der Waals surface area contributed by atoms with E-state index in [1.54, 1.807) is 12.4 Å². The maximum atomic E-state index is 11.9. The molecule has 0 saturated carbocycles. The van der Waals surface area contributed by atoms with Crippen molar-refractivity contribution in [2.24, 2.45) is 10.2 Å². The number of nitrogens with one attached hydrogen (secondary N) is 2. The average Bonchev–Trinajstić information content (AvgIpc) is 2.93. The third-order valence-electron chi connectivity index (χ3n) is 5.02. The molecule has 0 atom stereocenters. The Morgan fingerprint density at radius 1 is 0.583 bits per heavy atom. The third kappa shape index (κ3) is 8.14. The summed E-state index contributed by atoms with van der Waals surface area (Å²) < 4.78 is 11.5. The maximum Gasteiger partial charge on any atom is 0.355 e. The minimum absolute atomic E-state index is 0.503. The van der Waals surface area contributed by atoms with Crippen molar-refractivity contribution in [3.05, 3.63) is 131 Å². The molecule has 0 unspecified atom stereocenters. The normalized spacial score (nSPS) is 10.9. The molecule has 36 heavy (non-hydrogen) atoms. The summed E-state index contributed by atoms with van der Waals surface area (Å²) in [6.45, 7) is 1.01. The Hall–Kier alpha value is -4.91. The second kappa shape index (κ2) is 13.1. The Kier molecular flexibility index (Phi) is 8.81. The van der Waals surface area contributed by atoms with Crippen LogP contribution in [0.25, 0.3) is 0 Å². The van der Waals surface area contributed by atoms with Gasteiger partial charge in [0.05, 0.1) is 12.4 Å². The summed E-state index contributed by atoms with van der Waals surface area (Å²) in [5.41, 5.74) is 8.59. The van der Waals surface area contributed by atoms with Crippen LogP contribution in [0.3, 0.4) is 0 Å². The molecule has 7 heteroatoms. The molecule has 4 aromatic rings. The third-order valence-corrected chi connectivity index (χ3v) is 5.02. The van der Waals surface area contributed by atoms with Crippen molar-refractivity contribution in [1.82, 2.24) is 10.9 Å². The Bertz CT molecular complexity index is 1170. The fourth-order valence-corrected chi connectivity index (χ4v) is 3.14. The molecule has 180 valence electrons. The molecule has 4 rings (SSSR count). The number of rotatable bonds is 10. The van der Waals surface area contributed by atoms with E-state index < -0.39 is 6.03 Å². The van der Waals surface area contributed by atoms with E-state index >= 15 is 0 Å². The Morgan fingerprint density at radius 2 is 0.972 bits per heavy atom. The van der Waals surface area contributed by atoms with Crippen LogP contribution in [0.4, 0.5) is 4.79 Å². The molecule has 0 aliphatic carbocycles. The van der Waals surface area contributed by atoms with Gasteiger partial charge in [0.15, 0.2) is 0 Å². The lowest BCUT2D eigenvalue weighted by atomic mass is 10.2. The molecule has 0 heterocycles. The molecule has 2 amide bonds. The van der Waals surface area contributed by atoms with Gasteiger partial charge in [-0.05, 0) is 70.8 Å². The zero-order valence-electron chi connectivity index (χ0n) is 19.6. The van der Waals surface area contributed by atoms with Crippen molar-refractivity contribution in [1.29, 1.82) is 0 Å². The molecule has 4 aromatic carbocycles. The van der Waals surface area contributed by atoms with Crippen LogP contribution in [0.5, 0.6) is 11.5 Å².